The second kappa shape index (κ2) is 6.01. The minimum Gasteiger partial charge on any atom is -0.399 e. The van der Waals surface area contributed by atoms with Gasteiger partial charge >= 0.3 is 0 Å². The molecule has 21 heavy (non-hydrogen) atoms. The van der Waals surface area contributed by atoms with E-state index in [1.807, 2.05) is 0 Å². The van der Waals surface area contributed by atoms with Crippen LogP contribution < -0.4 is 11.1 Å². The lowest BCUT2D eigenvalue weighted by Crippen LogP contribution is -2.22. The van der Waals surface area contributed by atoms with Crippen LogP contribution in [0.4, 0.5) is 21.5 Å². The second-order valence-electron chi connectivity index (χ2n) is 4.75. The maximum absolute atomic E-state index is 13.8. The molecule has 0 aliphatic heterocycles. The average molecular weight is 308 g/mol. The van der Waals surface area contributed by atoms with Gasteiger partial charge in [0.15, 0.2) is 0 Å². The number of rotatable bonds is 3. The fourth-order valence-electron chi connectivity index (χ4n) is 1.83. The van der Waals surface area contributed by atoms with E-state index in [4.69, 9.17) is 17.3 Å². The van der Waals surface area contributed by atoms with Crippen LogP contribution in [-0.4, -0.2) is 24.9 Å². The summed E-state index contributed by atoms with van der Waals surface area (Å²) in [7, 11) is 3.28. The Morgan fingerprint density at radius 3 is 2.57 bits per heavy atom. The predicted octanol–water partition coefficient (Wildman–Crippen LogP) is 3.51. The number of nitrogens with one attached hydrogen (secondary N) is 1. The van der Waals surface area contributed by atoms with Crippen molar-refractivity contribution in [1.82, 2.24) is 4.90 Å². The molecule has 4 nitrogen and oxygen atoms in total. The number of nitrogens with zero attached hydrogens (tertiary/aromatic N) is 1. The molecule has 2 aromatic carbocycles. The summed E-state index contributed by atoms with van der Waals surface area (Å²) in [6, 6.07) is 8.96. The maximum atomic E-state index is 13.8. The van der Waals surface area contributed by atoms with Gasteiger partial charge in [-0.25, -0.2) is 4.39 Å². The fraction of sp³-hybridized carbons (Fsp3) is 0.133. The van der Waals surface area contributed by atoms with Crippen molar-refractivity contribution in [3.63, 3.8) is 0 Å². The largest absolute Gasteiger partial charge is 0.399 e. The summed E-state index contributed by atoms with van der Waals surface area (Å²) in [5, 5.41) is 3.26. The molecule has 0 unspecified atom stereocenters. The summed E-state index contributed by atoms with van der Waals surface area (Å²) >= 11 is 5.86. The second-order valence-corrected chi connectivity index (χ2v) is 5.19. The van der Waals surface area contributed by atoms with E-state index in [0.717, 1.165) is 0 Å². The number of amides is 1. The third kappa shape index (κ3) is 3.44. The first-order chi connectivity index (χ1) is 9.88. The lowest BCUT2D eigenvalue weighted by Gasteiger charge is -2.16. The zero-order valence-corrected chi connectivity index (χ0v) is 12.4. The van der Waals surface area contributed by atoms with Crippen molar-refractivity contribution in [3.05, 3.63) is 52.8 Å². The number of benzene rings is 2. The number of carbonyl (C=O) groups excluding carboxylic acids is 1. The minimum absolute atomic E-state index is 0.181. The summed E-state index contributed by atoms with van der Waals surface area (Å²) in [6.45, 7) is 0. The van der Waals surface area contributed by atoms with Gasteiger partial charge in [-0.1, -0.05) is 11.6 Å². The summed E-state index contributed by atoms with van der Waals surface area (Å²) in [5.74, 6) is -0.676. The van der Waals surface area contributed by atoms with E-state index < -0.39 is 5.82 Å². The molecule has 0 fully saturated rings. The van der Waals surface area contributed by atoms with Crippen LogP contribution in [0.3, 0.4) is 0 Å². The Morgan fingerprint density at radius 1 is 1.19 bits per heavy atom. The molecule has 1 amide bonds. The van der Waals surface area contributed by atoms with Gasteiger partial charge < -0.3 is 16.0 Å². The molecular weight excluding hydrogens is 293 g/mol. The van der Waals surface area contributed by atoms with Gasteiger partial charge in [0, 0.05) is 24.8 Å². The van der Waals surface area contributed by atoms with Crippen molar-refractivity contribution in [3.8, 4) is 0 Å². The van der Waals surface area contributed by atoms with Gasteiger partial charge in [0.25, 0.3) is 5.91 Å². The van der Waals surface area contributed by atoms with E-state index >= 15 is 0 Å². The van der Waals surface area contributed by atoms with Crippen LogP contribution in [0.2, 0.25) is 5.02 Å². The van der Waals surface area contributed by atoms with Crippen LogP contribution in [0.25, 0.3) is 0 Å². The molecular formula is C15H15ClFN3O. The first-order valence-electron chi connectivity index (χ1n) is 6.21. The van der Waals surface area contributed by atoms with Crippen molar-refractivity contribution >= 4 is 34.6 Å². The molecule has 0 radical (unpaired) electrons. The number of anilines is 3. The van der Waals surface area contributed by atoms with Crippen LogP contribution in [0.15, 0.2) is 36.4 Å². The smallest absolute Gasteiger partial charge is 0.255 e. The summed E-state index contributed by atoms with van der Waals surface area (Å²) < 4.78 is 13.8. The monoisotopic (exact) mass is 307 g/mol. The van der Waals surface area contributed by atoms with Crippen molar-refractivity contribution in [2.45, 2.75) is 0 Å². The van der Waals surface area contributed by atoms with E-state index in [0.29, 0.717) is 22.0 Å². The Balaban J connectivity index is 2.45. The third-order valence-electron chi connectivity index (χ3n) is 2.88. The zero-order chi connectivity index (χ0) is 15.6. The SMILES string of the molecule is CN(C)C(=O)c1ccc(N)cc1Nc1cc(Cl)ccc1F. The number of hydrogen-bond donors (Lipinski definition) is 2. The summed E-state index contributed by atoms with van der Waals surface area (Å²) in [6.07, 6.45) is 0. The van der Waals surface area contributed by atoms with Crippen molar-refractivity contribution < 1.29 is 9.18 Å². The van der Waals surface area contributed by atoms with Gasteiger partial charge in [-0.05, 0) is 36.4 Å². The number of halogens is 2. The van der Waals surface area contributed by atoms with Gasteiger partial charge in [0.2, 0.25) is 0 Å². The van der Waals surface area contributed by atoms with Crippen LogP contribution >= 0.6 is 11.6 Å². The molecule has 2 rings (SSSR count). The lowest BCUT2D eigenvalue weighted by atomic mass is 10.1. The van der Waals surface area contributed by atoms with E-state index in [1.54, 1.807) is 32.3 Å². The highest BCUT2D eigenvalue weighted by Crippen LogP contribution is 2.27. The highest BCUT2D eigenvalue weighted by atomic mass is 35.5. The summed E-state index contributed by atoms with van der Waals surface area (Å²) in [5.41, 5.74) is 7.21. The van der Waals surface area contributed by atoms with Gasteiger partial charge in [-0.15, -0.1) is 0 Å². The predicted molar refractivity (Wildman–Crippen MR) is 83.6 cm³/mol. The molecule has 0 spiro atoms. The molecule has 0 aliphatic carbocycles. The van der Waals surface area contributed by atoms with Gasteiger partial charge in [0.1, 0.15) is 5.82 Å². The summed E-state index contributed by atoms with van der Waals surface area (Å²) in [4.78, 5) is 13.6. The number of hydrogen-bond acceptors (Lipinski definition) is 3. The number of nitrogen functional groups attached to an aromatic ring is 1. The van der Waals surface area contributed by atoms with Crippen molar-refractivity contribution in [2.24, 2.45) is 0 Å². The first-order valence-corrected chi connectivity index (χ1v) is 6.59. The molecule has 0 atom stereocenters. The Morgan fingerprint density at radius 2 is 1.90 bits per heavy atom. The van der Waals surface area contributed by atoms with Crippen LogP contribution in [-0.2, 0) is 0 Å². The maximum Gasteiger partial charge on any atom is 0.255 e. The topological polar surface area (TPSA) is 58.4 Å². The molecule has 6 heteroatoms. The molecule has 2 aromatic rings. The standard InChI is InChI=1S/C15H15ClFN3O/c1-20(2)15(21)11-5-4-10(18)8-13(11)19-14-7-9(16)3-6-12(14)17/h3-8,19H,18H2,1-2H3. The van der Waals surface area contributed by atoms with Crippen LogP contribution in [0.5, 0.6) is 0 Å². The van der Waals surface area contributed by atoms with E-state index in [2.05, 4.69) is 5.32 Å². The molecule has 0 bridgehead atoms. The normalized spacial score (nSPS) is 10.3. The quantitative estimate of drug-likeness (QED) is 0.853. The van der Waals surface area contributed by atoms with Gasteiger partial charge in [-0.2, -0.15) is 0 Å². The number of carbonyl (C=O) groups is 1. The average Bonchev–Trinajstić information content (AvgIpc) is 2.42. The van der Waals surface area contributed by atoms with E-state index in [-0.39, 0.29) is 11.6 Å². The number of nitrogens with two attached hydrogens (primary N) is 1. The Hall–Kier alpha value is -2.27. The highest BCUT2D eigenvalue weighted by Gasteiger charge is 2.15. The highest BCUT2D eigenvalue weighted by molar-refractivity contribution is 6.30. The minimum atomic E-state index is -0.468. The fourth-order valence-corrected chi connectivity index (χ4v) is 2.00. The first kappa shape index (κ1) is 15.1. The van der Waals surface area contributed by atoms with Gasteiger partial charge in [0.05, 0.1) is 16.9 Å². The lowest BCUT2D eigenvalue weighted by molar-refractivity contribution is 0.0828. The zero-order valence-electron chi connectivity index (χ0n) is 11.7. The van der Waals surface area contributed by atoms with E-state index in [9.17, 15) is 9.18 Å². The van der Waals surface area contributed by atoms with Crippen molar-refractivity contribution in [2.75, 3.05) is 25.1 Å². The molecule has 3 N–H and O–H groups in total. The van der Waals surface area contributed by atoms with E-state index in [1.165, 1.54) is 23.1 Å². The molecule has 0 aliphatic rings. The Kier molecular flexibility index (Phi) is 4.33. The Bertz CT molecular complexity index is 689. The van der Waals surface area contributed by atoms with Crippen LogP contribution in [0, 0.1) is 5.82 Å². The van der Waals surface area contributed by atoms with Gasteiger partial charge in [-0.3, -0.25) is 4.79 Å². The molecule has 110 valence electrons. The van der Waals surface area contributed by atoms with Crippen molar-refractivity contribution in [1.29, 1.82) is 0 Å². The molecule has 0 heterocycles. The third-order valence-corrected chi connectivity index (χ3v) is 3.11. The van der Waals surface area contributed by atoms with Crippen LogP contribution in [0.1, 0.15) is 10.4 Å². The Labute approximate surface area is 127 Å². The molecule has 0 aromatic heterocycles. The molecule has 0 saturated carbocycles. The molecule has 0 saturated heterocycles.